The van der Waals surface area contributed by atoms with Gasteiger partial charge in [-0.3, -0.25) is 24.1 Å². The van der Waals surface area contributed by atoms with Crippen LogP contribution in [0.1, 0.15) is 42.4 Å². The Bertz CT molecular complexity index is 2030. The third kappa shape index (κ3) is 5.57. The Balaban J connectivity index is 1.21. The van der Waals surface area contributed by atoms with Crippen molar-refractivity contribution in [1.29, 1.82) is 0 Å². The number of para-hydroxylation sites is 1. The van der Waals surface area contributed by atoms with Gasteiger partial charge in [-0.1, -0.05) is 54.1 Å². The first-order valence-corrected chi connectivity index (χ1v) is 16.7. The molecule has 1 heterocycles. The lowest BCUT2D eigenvalue weighted by atomic mass is 9.59. The molecule has 50 heavy (non-hydrogen) atoms. The van der Waals surface area contributed by atoms with Gasteiger partial charge in [-0.15, -0.1) is 0 Å². The Hall–Kier alpha value is -5.54. The summed E-state index contributed by atoms with van der Waals surface area (Å²) in [4.78, 5) is 56.9. The number of benzene rings is 3. The minimum Gasteiger partial charge on any atom is -0.497 e. The molecule has 0 saturated carbocycles. The molecule has 1 saturated heterocycles. The van der Waals surface area contributed by atoms with Gasteiger partial charge in [-0.2, -0.15) is 0 Å². The molecular formula is C41H37NO8. The number of fused-ring (bicyclic) bond motifs is 3. The monoisotopic (exact) mass is 671 g/mol. The highest BCUT2D eigenvalue weighted by molar-refractivity contribution is 6.25. The van der Waals surface area contributed by atoms with Crippen LogP contribution in [-0.2, 0) is 19.2 Å². The van der Waals surface area contributed by atoms with Gasteiger partial charge in [0.1, 0.15) is 23.9 Å². The van der Waals surface area contributed by atoms with E-state index in [0.717, 1.165) is 16.7 Å². The molecule has 1 aliphatic heterocycles. The summed E-state index contributed by atoms with van der Waals surface area (Å²) >= 11 is 0. The van der Waals surface area contributed by atoms with E-state index in [1.807, 2.05) is 66.8 Å². The quantitative estimate of drug-likeness (QED) is 0.130. The predicted octanol–water partition coefficient (Wildman–Crippen LogP) is 5.88. The molecule has 9 heteroatoms. The molecule has 3 aliphatic carbocycles. The number of rotatable bonds is 9. The molecule has 4 aliphatic rings. The van der Waals surface area contributed by atoms with E-state index in [2.05, 4.69) is 0 Å². The number of ether oxygens (including phenoxy) is 3. The van der Waals surface area contributed by atoms with Gasteiger partial charge in [-0.25, -0.2) is 0 Å². The van der Waals surface area contributed by atoms with E-state index in [1.165, 1.54) is 11.0 Å². The van der Waals surface area contributed by atoms with E-state index in [4.69, 9.17) is 14.2 Å². The molecule has 0 aromatic heterocycles. The van der Waals surface area contributed by atoms with Gasteiger partial charge in [0.2, 0.25) is 11.8 Å². The summed E-state index contributed by atoms with van der Waals surface area (Å²) in [5.74, 6) is -1.54. The lowest BCUT2D eigenvalue weighted by Gasteiger charge is -2.42. The van der Waals surface area contributed by atoms with Crippen molar-refractivity contribution in [3.05, 3.63) is 118 Å². The maximum atomic E-state index is 14.3. The van der Waals surface area contributed by atoms with Crippen LogP contribution < -0.4 is 19.1 Å². The van der Waals surface area contributed by atoms with Crippen molar-refractivity contribution in [3.8, 4) is 17.2 Å². The van der Waals surface area contributed by atoms with E-state index in [1.54, 1.807) is 39.3 Å². The molecule has 0 bridgehead atoms. The molecular weight excluding hydrogens is 634 g/mol. The third-order valence-electron chi connectivity index (χ3n) is 10.2. The van der Waals surface area contributed by atoms with E-state index in [-0.39, 0.29) is 43.0 Å². The van der Waals surface area contributed by atoms with Crippen LogP contribution in [0.3, 0.4) is 0 Å². The van der Waals surface area contributed by atoms with Gasteiger partial charge in [-0.05, 0) is 73.7 Å². The van der Waals surface area contributed by atoms with Crippen LogP contribution >= 0.6 is 0 Å². The normalized spacial score (nSPS) is 23.0. The van der Waals surface area contributed by atoms with Crippen LogP contribution in [0.4, 0.5) is 5.69 Å². The van der Waals surface area contributed by atoms with Crippen LogP contribution in [0.25, 0.3) is 12.2 Å². The number of allylic oxidation sites excluding steroid dienone is 6. The van der Waals surface area contributed by atoms with Crippen molar-refractivity contribution in [3.63, 3.8) is 0 Å². The molecule has 1 N–H and O–H groups in total. The van der Waals surface area contributed by atoms with Gasteiger partial charge >= 0.3 is 0 Å². The second kappa shape index (κ2) is 13.4. The molecule has 0 radical (unpaired) electrons. The van der Waals surface area contributed by atoms with E-state index in [0.29, 0.717) is 51.6 Å². The lowest BCUT2D eigenvalue weighted by molar-refractivity contribution is -0.123. The van der Waals surface area contributed by atoms with Crippen LogP contribution in [0.2, 0.25) is 0 Å². The van der Waals surface area contributed by atoms with Crippen LogP contribution in [0.15, 0.2) is 101 Å². The Morgan fingerprint density at radius 1 is 0.880 bits per heavy atom. The standard InChI is InChI=1S/C41H37NO8/c1-23-20-33(44)32-22-31-28(36(38(32)39(23)45)29-6-4-5-7-35(29)50-19-18-43)15-16-30-37(31)41(47)42(40(30)46)26-12-9-24(10-13-26)8-11-25-21-27(48-2)14-17-34(25)49-3/h4-15,17,20-21,30-31,36-37,43H,16,18-19,22H2,1-3H3/t30-,31+,36+,37-/m0/s1. The summed E-state index contributed by atoms with van der Waals surface area (Å²) in [6.45, 7) is 1.50. The molecule has 0 spiro atoms. The number of hydrogen-bond acceptors (Lipinski definition) is 8. The number of imide groups is 1. The average Bonchev–Trinajstić information content (AvgIpc) is 3.40. The second-order valence-electron chi connectivity index (χ2n) is 12.9. The number of aliphatic hydroxyl groups excluding tert-OH is 1. The maximum Gasteiger partial charge on any atom is 0.238 e. The van der Waals surface area contributed by atoms with Crippen molar-refractivity contribution >= 4 is 41.2 Å². The molecule has 254 valence electrons. The number of anilines is 1. The second-order valence-corrected chi connectivity index (χ2v) is 12.9. The Labute approximate surface area is 290 Å². The highest BCUT2D eigenvalue weighted by Gasteiger charge is 2.56. The number of methoxy groups -OCH3 is 2. The highest BCUT2D eigenvalue weighted by atomic mass is 16.5. The maximum absolute atomic E-state index is 14.3. The van der Waals surface area contributed by atoms with E-state index < -0.39 is 23.7 Å². The zero-order valence-corrected chi connectivity index (χ0v) is 28.1. The van der Waals surface area contributed by atoms with Gasteiger partial charge < -0.3 is 19.3 Å². The first-order chi connectivity index (χ1) is 24.2. The number of hydrogen-bond donors (Lipinski definition) is 1. The summed E-state index contributed by atoms with van der Waals surface area (Å²) in [5, 5.41) is 9.48. The molecule has 0 unspecified atom stereocenters. The van der Waals surface area contributed by atoms with Gasteiger partial charge in [0.25, 0.3) is 0 Å². The summed E-state index contributed by atoms with van der Waals surface area (Å²) in [6, 6.07) is 20.0. The van der Waals surface area contributed by atoms with Crippen molar-refractivity contribution < 1.29 is 38.5 Å². The van der Waals surface area contributed by atoms with Crippen LogP contribution in [0, 0.1) is 17.8 Å². The van der Waals surface area contributed by atoms with Gasteiger partial charge in [0, 0.05) is 33.8 Å². The van der Waals surface area contributed by atoms with Gasteiger partial charge in [0.05, 0.1) is 38.3 Å². The minimum absolute atomic E-state index is 0.0559. The number of nitrogens with zero attached hydrogens (tertiary/aromatic N) is 1. The SMILES string of the molecule is COc1ccc(OC)c(C=Cc2ccc(N3C(=O)[C@H]4[C@H](CC=C5[C@H](c6ccccc6OCCO)C6=C(C[C@H]54)C(=O)C=C(C)C6=O)C3=O)cc2)c1. The van der Waals surface area contributed by atoms with E-state index >= 15 is 0 Å². The summed E-state index contributed by atoms with van der Waals surface area (Å²) in [6.07, 6.45) is 7.71. The minimum atomic E-state index is -0.695. The summed E-state index contributed by atoms with van der Waals surface area (Å²) in [5.41, 5.74) is 4.85. The summed E-state index contributed by atoms with van der Waals surface area (Å²) in [7, 11) is 3.21. The van der Waals surface area contributed by atoms with Crippen LogP contribution in [-0.4, -0.2) is 55.9 Å². The van der Waals surface area contributed by atoms with Crippen molar-refractivity contribution in [1.82, 2.24) is 0 Å². The smallest absolute Gasteiger partial charge is 0.238 e. The fourth-order valence-corrected chi connectivity index (χ4v) is 7.87. The Morgan fingerprint density at radius 3 is 2.40 bits per heavy atom. The third-order valence-corrected chi connectivity index (χ3v) is 10.2. The number of Topliss-reactive ketones (excluding diaryl/α,β-unsaturated/α-hetero) is 1. The lowest BCUT2D eigenvalue weighted by Crippen LogP contribution is -2.40. The largest absolute Gasteiger partial charge is 0.497 e. The molecule has 2 amide bonds. The summed E-state index contributed by atoms with van der Waals surface area (Å²) < 4.78 is 16.7. The Kier molecular flexibility index (Phi) is 8.84. The number of aliphatic hydroxyl groups is 1. The molecule has 7 rings (SSSR count). The van der Waals surface area contributed by atoms with Crippen molar-refractivity contribution in [2.75, 3.05) is 32.3 Å². The molecule has 1 fully saturated rings. The molecule has 3 aromatic carbocycles. The average molecular weight is 672 g/mol. The fraction of sp³-hybridized carbons (Fsp3) is 0.268. The van der Waals surface area contributed by atoms with E-state index in [9.17, 15) is 24.3 Å². The van der Waals surface area contributed by atoms with Crippen molar-refractivity contribution in [2.45, 2.75) is 25.7 Å². The van der Waals surface area contributed by atoms with Crippen LogP contribution in [0.5, 0.6) is 17.2 Å². The van der Waals surface area contributed by atoms with Gasteiger partial charge in [0.15, 0.2) is 11.6 Å². The number of ketones is 2. The first kappa shape index (κ1) is 33.0. The molecule has 3 aromatic rings. The Morgan fingerprint density at radius 2 is 1.66 bits per heavy atom. The highest BCUT2D eigenvalue weighted by Crippen LogP contribution is 2.56. The molecule has 4 atom stereocenters. The molecule has 9 nitrogen and oxygen atoms in total. The van der Waals surface area contributed by atoms with Crippen molar-refractivity contribution in [2.24, 2.45) is 17.8 Å². The fourth-order valence-electron chi connectivity index (χ4n) is 7.87. The number of amides is 2. The zero-order chi connectivity index (χ0) is 35.1. The zero-order valence-electron chi connectivity index (χ0n) is 28.1. The first-order valence-electron chi connectivity index (χ1n) is 16.7. The predicted molar refractivity (Wildman–Crippen MR) is 188 cm³/mol. The number of carbonyl (C=O) groups excluding carboxylic acids is 4. The topological polar surface area (TPSA) is 119 Å². The number of carbonyl (C=O) groups is 4.